The number of nitro groups is 1. The molecule has 0 spiro atoms. The van der Waals surface area contributed by atoms with Crippen LogP contribution in [0.2, 0.25) is 0 Å². The Hall–Kier alpha value is -2.62. The van der Waals surface area contributed by atoms with Crippen molar-refractivity contribution in [2.75, 3.05) is 6.54 Å². The van der Waals surface area contributed by atoms with Crippen molar-refractivity contribution in [2.24, 2.45) is 0 Å². The largest absolute Gasteiger partial charge is 0.502 e. The van der Waals surface area contributed by atoms with E-state index in [0.717, 1.165) is 12.1 Å². The van der Waals surface area contributed by atoms with Crippen molar-refractivity contribution in [3.63, 3.8) is 0 Å². The Bertz CT molecular complexity index is 563. The Morgan fingerprint density at radius 1 is 1.55 bits per heavy atom. The highest BCUT2D eigenvalue weighted by Gasteiger charge is 2.21. The van der Waals surface area contributed by atoms with Crippen LogP contribution >= 0.6 is 0 Å². The Morgan fingerprint density at radius 2 is 2.20 bits per heavy atom. The molecule has 7 heteroatoms. The average molecular weight is 277 g/mol. The molecule has 0 saturated heterocycles. The van der Waals surface area contributed by atoms with E-state index < -0.39 is 16.4 Å². The van der Waals surface area contributed by atoms with Gasteiger partial charge < -0.3 is 10.0 Å². The lowest BCUT2D eigenvalue weighted by Crippen LogP contribution is -2.37. The molecule has 0 heterocycles. The van der Waals surface area contributed by atoms with Crippen molar-refractivity contribution in [3.8, 4) is 11.8 Å². The van der Waals surface area contributed by atoms with E-state index in [9.17, 15) is 20.0 Å². The SMILES string of the molecule is CC(C)N(CCC#N)C(=O)c1ccc([N+](=O)[O-])c(O)c1. The summed E-state index contributed by atoms with van der Waals surface area (Å²) in [5, 5.41) is 28.7. The van der Waals surface area contributed by atoms with E-state index in [-0.39, 0.29) is 30.5 Å². The molecule has 20 heavy (non-hydrogen) atoms. The first-order valence-electron chi connectivity index (χ1n) is 6.03. The zero-order valence-electron chi connectivity index (χ0n) is 11.2. The topological polar surface area (TPSA) is 107 Å². The van der Waals surface area contributed by atoms with Gasteiger partial charge in [0, 0.05) is 24.2 Å². The van der Waals surface area contributed by atoms with E-state index in [4.69, 9.17) is 5.26 Å². The molecular weight excluding hydrogens is 262 g/mol. The lowest BCUT2D eigenvalue weighted by atomic mass is 10.1. The van der Waals surface area contributed by atoms with E-state index in [1.807, 2.05) is 6.07 Å². The van der Waals surface area contributed by atoms with Gasteiger partial charge in [0.1, 0.15) is 0 Å². The molecule has 1 amide bonds. The van der Waals surface area contributed by atoms with Gasteiger partial charge in [-0.2, -0.15) is 5.26 Å². The summed E-state index contributed by atoms with van der Waals surface area (Å²) in [5.41, 5.74) is -0.297. The number of carbonyl (C=O) groups is 1. The van der Waals surface area contributed by atoms with Crippen LogP contribution in [0.5, 0.6) is 5.75 Å². The quantitative estimate of drug-likeness (QED) is 0.654. The molecule has 0 unspecified atom stereocenters. The van der Waals surface area contributed by atoms with Gasteiger partial charge >= 0.3 is 5.69 Å². The van der Waals surface area contributed by atoms with Crippen LogP contribution < -0.4 is 0 Å². The van der Waals surface area contributed by atoms with Gasteiger partial charge in [0.15, 0.2) is 5.75 Å². The van der Waals surface area contributed by atoms with Gasteiger partial charge in [-0.3, -0.25) is 14.9 Å². The van der Waals surface area contributed by atoms with Crippen molar-refractivity contribution in [2.45, 2.75) is 26.3 Å². The van der Waals surface area contributed by atoms with Crippen LogP contribution in [0.1, 0.15) is 30.6 Å². The molecule has 0 aliphatic rings. The van der Waals surface area contributed by atoms with Gasteiger partial charge in [-0.05, 0) is 26.0 Å². The first-order chi connectivity index (χ1) is 9.38. The molecule has 1 aromatic rings. The maximum Gasteiger partial charge on any atom is 0.310 e. The Balaban J connectivity index is 3.04. The van der Waals surface area contributed by atoms with E-state index in [2.05, 4.69) is 0 Å². The highest BCUT2D eigenvalue weighted by Crippen LogP contribution is 2.27. The second kappa shape index (κ2) is 6.52. The van der Waals surface area contributed by atoms with Crippen molar-refractivity contribution in [1.29, 1.82) is 5.26 Å². The number of nitriles is 1. The minimum atomic E-state index is -0.723. The van der Waals surface area contributed by atoms with Gasteiger partial charge in [0.05, 0.1) is 17.4 Å². The summed E-state index contributed by atoms with van der Waals surface area (Å²) in [6, 6.07) is 5.30. The highest BCUT2D eigenvalue weighted by atomic mass is 16.6. The molecule has 0 bridgehead atoms. The first-order valence-corrected chi connectivity index (χ1v) is 6.03. The Kier molecular flexibility index (Phi) is 5.03. The molecular formula is C13H15N3O4. The molecule has 7 nitrogen and oxygen atoms in total. The van der Waals surface area contributed by atoms with Crippen LogP contribution in [0.3, 0.4) is 0 Å². The van der Waals surface area contributed by atoms with Gasteiger partial charge in [-0.25, -0.2) is 0 Å². The van der Waals surface area contributed by atoms with E-state index >= 15 is 0 Å². The Labute approximate surface area is 116 Å². The number of nitro benzene ring substituents is 1. The number of benzene rings is 1. The second-order valence-corrected chi connectivity index (χ2v) is 4.46. The summed E-state index contributed by atoms with van der Waals surface area (Å²) in [4.78, 5) is 23.6. The zero-order valence-corrected chi connectivity index (χ0v) is 11.2. The van der Waals surface area contributed by atoms with Crippen molar-refractivity contribution in [3.05, 3.63) is 33.9 Å². The second-order valence-electron chi connectivity index (χ2n) is 4.46. The lowest BCUT2D eigenvalue weighted by Gasteiger charge is -2.25. The van der Waals surface area contributed by atoms with Gasteiger partial charge in [0.2, 0.25) is 0 Å². The van der Waals surface area contributed by atoms with Gasteiger partial charge in [-0.15, -0.1) is 0 Å². The fourth-order valence-corrected chi connectivity index (χ4v) is 1.74. The molecule has 0 aromatic heterocycles. The minimum Gasteiger partial charge on any atom is -0.502 e. The van der Waals surface area contributed by atoms with E-state index in [1.54, 1.807) is 13.8 Å². The van der Waals surface area contributed by atoms with Gasteiger partial charge in [-0.1, -0.05) is 0 Å². The minimum absolute atomic E-state index is 0.117. The number of hydrogen-bond donors (Lipinski definition) is 1. The van der Waals surface area contributed by atoms with Crippen LogP contribution in [0.4, 0.5) is 5.69 Å². The summed E-state index contributed by atoms with van der Waals surface area (Å²) in [7, 11) is 0. The summed E-state index contributed by atoms with van der Waals surface area (Å²) < 4.78 is 0. The third-order valence-electron chi connectivity index (χ3n) is 2.77. The van der Waals surface area contributed by atoms with Crippen LogP contribution in [-0.4, -0.2) is 33.4 Å². The summed E-state index contributed by atoms with van der Waals surface area (Å²) >= 11 is 0. The highest BCUT2D eigenvalue weighted by molar-refractivity contribution is 5.95. The van der Waals surface area contributed by atoms with Crippen LogP contribution in [0, 0.1) is 21.4 Å². The van der Waals surface area contributed by atoms with Gasteiger partial charge in [0.25, 0.3) is 5.91 Å². The van der Waals surface area contributed by atoms with Crippen molar-refractivity contribution < 1.29 is 14.8 Å². The molecule has 1 aromatic carbocycles. The van der Waals surface area contributed by atoms with E-state index in [0.29, 0.717) is 0 Å². The predicted molar refractivity (Wildman–Crippen MR) is 71.2 cm³/mol. The average Bonchev–Trinajstić information content (AvgIpc) is 2.37. The molecule has 1 N–H and O–H groups in total. The summed E-state index contributed by atoms with van der Waals surface area (Å²) in [5.74, 6) is -0.926. The monoisotopic (exact) mass is 277 g/mol. The lowest BCUT2D eigenvalue weighted by molar-refractivity contribution is -0.385. The zero-order chi connectivity index (χ0) is 15.3. The molecule has 0 aliphatic carbocycles. The standard InChI is InChI=1S/C13H15N3O4/c1-9(2)15(7-3-6-14)13(18)10-4-5-11(16(19)20)12(17)8-10/h4-5,8-9,17H,3,7H2,1-2H3. The fourth-order valence-electron chi connectivity index (χ4n) is 1.74. The summed E-state index contributed by atoms with van der Waals surface area (Å²) in [6.07, 6.45) is 0.197. The maximum atomic E-state index is 12.3. The smallest absolute Gasteiger partial charge is 0.310 e. The molecule has 0 fully saturated rings. The van der Waals surface area contributed by atoms with Crippen LogP contribution in [0.25, 0.3) is 0 Å². The van der Waals surface area contributed by atoms with Crippen molar-refractivity contribution >= 4 is 11.6 Å². The number of aromatic hydroxyl groups is 1. The number of amides is 1. The maximum absolute atomic E-state index is 12.3. The van der Waals surface area contributed by atoms with E-state index in [1.165, 1.54) is 11.0 Å². The molecule has 0 atom stereocenters. The number of rotatable bonds is 5. The fraction of sp³-hybridized carbons (Fsp3) is 0.385. The molecule has 106 valence electrons. The Morgan fingerprint density at radius 3 is 2.65 bits per heavy atom. The van der Waals surface area contributed by atoms with Crippen LogP contribution in [0.15, 0.2) is 18.2 Å². The number of phenols is 1. The third kappa shape index (κ3) is 3.45. The van der Waals surface area contributed by atoms with Crippen molar-refractivity contribution in [1.82, 2.24) is 4.90 Å². The predicted octanol–water partition coefficient (Wildman–Crippen LogP) is 2.06. The third-order valence-corrected chi connectivity index (χ3v) is 2.77. The number of carbonyl (C=O) groups excluding carboxylic acids is 1. The molecule has 0 saturated carbocycles. The molecule has 0 aliphatic heterocycles. The summed E-state index contributed by atoms with van der Waals surface area (Å²) in [6.45, 7) is 3.88. The first kappa shape index (κ1) is 15.4. The van der Waals surface area contributed by atoms with Crippen LogP contribution in [-0.2, 0) is 0 Å². The number of hydrogen-bond acceptors (Lipinski definition) is 5. The molecule has 1 rings (SSSR count). The molecule has 0 radical (unpaired) electrons. The normalized spacial score (nSPS) is 10.1. The number of nitrogens with zero attached hydrogens (tertiary/aromatic N) is 3. The number of phenolic OH excluding ortho intramolecular Hbond substituents is 1.